The summed E-state index contributed by atoms with van der Waals surface area (Å²) in [7, 11) is 2.57. The smallest absolute Gasteiger partial charge is 0.258 e. The van der Waals surface area contributed by atoms with Crippen molar-refractivity contribution in [1.29, 1.82) is 0 Å². The maximum atomic E-state index is 11.6. The van der Waals surface area contributed by atoms with Crippen LogP contribution >= 0.6 is 33.3 Å². The number of β-lactam (4-membered cyclic amide) rings is 1. The van der Waals surface area contributed by atoms with Crippen molar-refractivity contribution in [3.8, 4) is 0 Å². The van der Waals surface area contributed by atoms with Gasteiger partial charge in [0.15, 0.2) is 0 Å². The minimum atomic E-state index is -0.0709. The molecule has 1 fully saturated rings. The normalized spacial score (nSPS) is 22.0. The van der Waals surface area contributed by atoms with Crippen molar-refractivity contribution in [2.24, 2.45) is 5.92 Å². The number of nitrogens with one attached hydrogen (secondary N) is 2. The summed E-state index contributed by atoms with van der Waals surface area (Å²) in [6.07, 6.45) is 0.761. The van der Waals surface area contributed by atoms with Crippen molar-refractivity contribution >= 4 is 49.6 Å². The van der Waals surface area contributed by atoms with Gasteiger partial charge < -0.3 is 10.6 Å². The molecular weight excluding hydrogens is 292 g/mol. The number of carbonyl (C=O) groups is 3. The van der Waals surface area contributed by atoms with Crippen LogP contribution in [0.15, 0.2) is 0 Å². The minimum absolute atomic E-state index is 0.00808. The molecule has 1 aliphatic heterocycles. The third kappa shape index (κ3) is 5.11. The van der Waals surface area contributed by atoms with E-state index in [1.807, 2.05) is 6.92 Å². The molecule has 0 aromatic rings. The lowest BCUT2D eigenvalue weighted by molar-refractivity contribution is -0.132. The van der Waals surface area contributed by atoms with Crippen LogP contribution in [0.25, 0.3) is 0 Å². The summed E-state index contributed by atoms with van der Waals surface area (Å²) in [5.74, 6) is 0.615. The van der Waals surface area contributed by atoms with Crippen LogP contribution in [0.4, 0.5) is 4.79 Å². The van der Waals surface area contributed by atoms with E-state index in [2.05, 4.69) is 10.6 Å². The van der Waals surface area contributed by atoms with Crippen LogP contribution < -0.4 is 10.6 Å². The zero-order valence-corrected chi connectivity index (χ0v) is 12.7. The number of thioether (sulfide) groups is 1. The quantitative estimate of drug-likeness (QED) is 0.443. The zero-order chi connectivity index (χ0) is 13.5. The van der Waals surface area contributed by atoms with E-state index in [1.165, 1.54) is 29.5 Å². The number of rotatable bonds is 6. The van der Waals surface area contributed by atoms with Crippen molar-refractivity contribution in [2.75, 3.05) is 12.3 Å². The number of amides is 2. The number of carbonyl (C=O) groups excluding carboxylic acids is 3. The van der Waals surface area contributed by atoms with Gasteiger partial charge in [-0.05, 0) is 29.0 Å². The first-order valence-electron chi connectivity index (χ1n) is 5.59. The van der Waals surface area contributed by atoms with Crippen molar-refractivity contribution in [3.63, 3.8) is 0 Å². The molecular formula is C10H16N2O3S3. The third-order valence-corrected chi connectivity index (χ3v) is 6.02. The molecule has 0 aromatic heterocycles. The van der Waals surface area contributed by atoms with E-state index in [1.54, 1.807) is 0 Å². The highest BCUT2D eigenvalue weighted by molar-refractivity contribution is 8.86. The Labute approximate surface area is 118 Å². The molecule has 0 aliphatic carbocycles. The van der Waals surface area contributed by atoms with Gasteiger partial charge in [0.2, 0.25) is 11.8 Å². The fourth-order valence-corrected chi connectivity index (χ4v) is 4.65. The molecule has 2 N–H and O–H groups in total. The largest absolute Gasteiger partial charge is 0.355 e. The fourth-order valence-electron chi connectivity index (χ4n) is 1.38. The highest BCUT2D eigenvalue weighted by Gasteiger charge is 2.39. The fraction of sp³-hybridized carbons (Fsp3) is 0.700. The molecule has 0 spiro atoms. The monoisotopic (exact) mass is 308 g/mol. The Kier molecular flexibility index (Phi) is 6.95. The first-order valence-corrected chi connectivity index (χ1v) is 8.79. The summed E-state index contributed by atoms with van der Waals surface area (Å²) < 4.78 is -0.00808. The molecule has 0 bridgehead atoms. The lowest BCUT2D eigenvalue weighted by Crippen LogP contribution is -2.56. The van der Waals surface area contributed by atoms with Crippen molar-refractivity contribution in [2.45, 2.75) is 25.6 Å². The van der Waals surface area contributed by atoms with Gasteiger partial charge in [-0.15, -0.1) is 0 Å². The molecule has 0 radical (unpaired) electrons. The Morgan fingerprint density at radius 1 is 1.44 bits per heavy atom. The van der Waals surface area contributed by atoms with Gasteiger partial charge in [0.05, 0.1) is 11.3 Å². The first-order chi connectivity index (χ1) is 8.54. The predicted molar refractivity (Wildman–Crippen MR) is 77.4 cm³/mol. The highest BCUT2D eigenvalue weighted by atomic mass is 33.1. The molecule has 102 valence electrons. The van der Waals surface area contributed by atoms with Crippen LogP contribution in [0.3, 0.4) is 0 Å². The van der Waals surface area contributed by atoms with E-state index in [4.69, 9.17) is 0 Å². The molecule has 0 saturated carbocycles. The summed E-state index contributed by atoms with van der Waals surface area (Å²) >= 11 is 1.17. The van der Waals surface area contributed by atoms with Crippen LogP contribution in [0, 0.1) is 5.92 Å². The van der Waals surface area contributed by atoms with E-state index in [0.717, 1.165) is 17.2 Å². The lowest BCUT2D eigenvalue weighted by Gasteiger charge is -2.34. The van der Waals surface area contributed by atoms with Crippen molar-refractivity contribution < 1.29 is 14.4 Å². The van der Waals surface area contributed by atoms with E-state index in [-0.39, 0.29) is 27.6 Å². The SMILES string of the molecule is CCC1C(=O)NC1SC(=O)SSCCNC(C)=O. The van der Waals surface area contributed by atoms with Crippen LogP contribution in [-0.4, -0.2) is 33.9 Å². The molecule has 1 heterocycles. The molecule has 1 rings (SSSR count). The summed E-state index contributed by atoms with van der Waals surface area (Å²) in [5.41, 5.74) is 0. The van der Waals surface area contributed by atoms with Gasteiger partial charge in [-0.2, -0.15) is 0 Å². The second-order valence-corrected chi connectivity index (χ2v) is 7.46. The molecule has 2 amide bonds. The van der Waals surface area contributed by atoms with Crippen molar-refractivity contribution in [3.05, 3.63) is 0 Å². The van der Waals surface area contributed by atoms with Crippen LogP contribution in [0.5, 0.6) is 0 Å². The Morgan fingerprint density at radius 2 is 2.17 bits per heavy atom. The molecule has 8 heteroatoms. The van der Waals surface area contributed by atoms with E-state index < -0.39 is 0 Å². The summed E-state index contributed by atoms with van der Waals surface area (Å²) in [5, 5.41) is 5.30. The molecule has 0 aromatic carbocycles. The maximum absolute atomic E-state index is 11.6. The van der Waals surface area contributed by atoms with Crippen LogP contribution in [0.2, 0.25) is 0 Å². The average molecular weight is 308 g/mol. The Morgan fingerprint density at radius 3 is 2.72 bits per heavy atom. The topological polar surface area (TPSA) is 75.3 Å². The van der Waals surface area contributed by atoms with Crippen LogP contribution in [-0.2, 0) is 9.59 Å². The molecule has 1 aliphatic rings. The van der Waals surface area contributed by atoms with Gasteiger partial charge in [0.1, 0.15) is 0 Å². The minimum Gasteiger partial charge on any atom is -0.355 e. The summed E-state index contributed by atoms with van der Waals surface area (Å²) in [6.45, 7) is 3.96. The van der Waals surface area contributed by atoms with Gasteiger partial charge in [-0.3, -0.25) is 14.4 Å². The zero-order valence-electron chi connectivity index (χ0n) is 10.2. The van der Waals surface area contributed by atoms with E-state index in [9.17, 15) is 14.4 Å². The standard InChI is InChI=1S/C10H16N2O3S3/c1-3-7-8(14)12-9(7)17-10(15)18-16-5-4-11-6(2)13/h7,9H,3-5H2,1-2H3,(H,11,13)(H,12,14). The Balaban J connectivity index is 2.07. The first kappa shape index (κ1) is 15.7. The van der Waals surface area contributed by atoms with Gasteiger partial charge in [-0.1, -0.05) is 17.7 Å². The van der Waals surface area contributed by atoms with Crippen LogP contribution in [0.1, 0.15) is 20.3 Å². The second-order valence-electron chi connectivity index (χ2n) is 3.70. The molecule has 1 saturated heterocycles. The third-order valence-electron chi connectivity index (χ3n) is 2.34. The Bertz CT molecular complexity index is 338. The lowest BCUT2D eigenvalue weighted by atomic mass is 9.99. The summed E-state index contributed by atoms with van der Waals surface area (Å²) in [4.78, 5) is 33.3. The van der Waals surface area contributed by atoms with E-state index >= 15 is 0 Å². The van der Waals surface area contributed by atoms with Gasteiger partial charge >= 0.3 is 0 Å². The molecule has 2 unspecified atom stereocenters. The predicted octanol–water partition coefficient (Wildman–Crippen LogP) is 1.84. The maximum Gasteiger partial charge on any atom is 0.258 e. The molecule has 5 nitrogen and oxygen atoms in total. The number of hydrogen-bond acceptors (Lipinski definition) is 6. The number of hydrogen-bond donors (Lipinski definition) is 2. The average Bonchev–Trinajstić information content (AvgIpc) is 2.27. The molecule has 2 atom stereocenters. The van der Waals surface area contributed by atoms with Gasteiger partial charge in [0.25, 0.3) is 4.45 Å². The van der Waals surface area contributed by atoms with Gasteiger partial charge in [-0.25, -0.2) is 0 Å². The highest BCUT2D eigenvalue weighted by Crippen LogP contribution is 2.35. The Hall–Kier alpha value is -0.340. The van der Waals surface area contributed by atoms with E-state index in [0.29, 0.717) is 12.3 Å². The molecule has 18 heavy (non-hydrogen) atoms. The van der Waals surface area contributed by atoms with Crippen molar-refractivity contribution in [1.82, 2.24) is 10.6 Å². The second kappa shape index (κ2) is 7.96. The van der Waals surface area contributed by atoms with Gasteiger partial charge in [0, 0.05) is 19.2 Å². The summed E-state index contributed by atoms with van der Waals surface area (Å²) in [6, 6.07) is 0.